The van der Waals surface area contributed by atoms with Crippen molar-refractivity contribution < 1.29 is 0 Å². The van der Waals surface area contributed by atoms with Gasteiger partial charge in [0.2, 0.25) is 0 Å². The van der Waals surface area contributed by atoms with Gasteiger partial charge in [0.1, 0.15) is 5.52 Å². The molecule has 1 aromatic carbocycles. The highest BCUT2D eigenvalue weighted by molar-refractivity contribution is 6.33. The van der Waals surface area contributed by atoms with Crippen LogP contribution in [0.15, 0.2) is 30.3 Å². The summed E-state index contributed by atoms with van der Waals surface area (Å²) in [7, 11) is 0. The molecule has 1 N–H and O–H groups in total. The van der Waals surface area contributed by atoms with E-state index in [0.717, 1.165) is 22.3 Å². The molecule has 0 atom stereocenters. The maximum absolute atomic E-state index is 6.15. The highest BCUT2D eigenvalue weighted by Crippen LogP contribution is 2.26. The predicted molar refractivity (Wildman–Crippen MR) is 74.1 cm³/mol. The van der Waals surface area contributed by atoms with Crippen molar-refractivity contribution in [3.63, 3.8) is 0 Å². The molecule has 0 saturated carbocycles. The number of nitrogens with zero attached hydrogens (tertiary/aromatic N) is 2. The SMILES string of the molecule is Cc1cc2nc(-c3cccc(Cl)c3)nc(Cl)c2[nH]1. The average molecular weight is 278 g/mol. The van der Waals surface area contributed by atoms with E-state index in [1.54, 1.807) is 0 Å². The molecule has 0 bridgehead atoms. The Morgan fingerprint density at radius 3 is 2.72 bits per heavy atom. The van der Waals surface area contributed by atoms with Gasteiger partial charge in [0.05, 0.1) is 5.52 Å². The van der Waals surface area contributed by atoms with Crippen molar-refractivity contribution in [1.82, 2.24) is 15.0 Å². The highest BCUT2D eigenvalue weighted by Gasteiger charge is 2.10. The third kappa shape index (κ3) is 1.96. The third-order valence-corrected chi connectivity index (χ3v) is 3.16. The number of hydrogen-bond donors (Lipinski definition) is 1. The van der Waals surface area contributed by atoms with Gasteiger partial charge in [-0.3, -0.25) is 0 Å². The van der Waals surface area contributed by atoms with Crippen LogP contribution in [-0.2, 0) is 0 Å². The summed E-state index contributed by atoms with van der Waals surface area (Å²) in [4.78, 5) is 11.9. The maximum atomic E-state index is 6.15. The number of aromatic nitrogens is 3. The summed E-state index contributed by atoms with van der Waals surface area (Å²) in [6.07, 6.45) is 0. The number of rotatable bonds is 1. The molecule has 0 saturated heterocycles. The zero-order valence-corrected chi connectivity index (χ0v) is 11.0. The van der Waals surface area contributed by atoms with Crippen molar-refractivity contribution >= 4 is 34.2 Å². The lowest BCUT2D eigenvalue weighted by atomic mass is 10.2. The molecular weight excluding hydrogens is 269 g/mol. The van der Waals surface area contributed by atoms with Gasteiger partial charge in [-0.15, -0.1) is 0 Å². The molecule has 0 aliphatic heterocycles. The minimum Gasteiger partial charge on any atom is -0.355 e. The van der Waals surface area contributed by atoms with Crippen LogP contribution < -0.4 is 0 Å². The molecule has 5 heteroatoms. The van der Waals surface area contributed by atoms with Gasteiger partial charge in [-0.25, -0.2) is 9.97 Å². The Bertz CT molecular complexity index is 734. The molecule has 0 radical (unpaired) electrons. The van der Waals surface area contributed by atoms with Crippen LogP contribution in [0.2, 0.25) is 10.2 Å². The molecule has 3 nitrogen and oxygen atoms in total. The molecule has 18 heavy (non-hydrogen) atoms. The number of hydrogen-bond acceptors (Lipinski definition) is 2. The van der Waals surface area contributed by atoms with Gasteiger partial charge in [0, 0.05) is 16.3 Å². The standard InChI is InChI=1S/C13H9Cl2N3/c1-7-5-10-11(16-7)12(15)18-13(17-10)8-3-2-4-9(14)6-8/h2-6,16H,1H3. The average Bonchev–Trinajstić information content (AvgIpc) is 2.70. The van der Waals surface area contributed by atoms with Crippen molar-refractivity contribution in [2.45, 2.75) is 6.92 Å². The van der Waals surface area contributed by atoms with Crippen molar-refractivity contribution in [3.8, 4) is 11.4 Å². The molecule has 0 aliphatic rings. The molecule has 90 valence electrons. The summed E-state index contributed by atoms with van der Waals surface area (Å²) in [6.45, 7) is 1.96. The number of nitrogens with one attached hydrogen (secondary N) is 1. The second-order valence-corrected chi connectivity index (χ2v) is 4.86. The number of halogens is 2. The summed E-state index contributed by atoms with van der Waals surface area (Å²) in [5, 5.41) is 1.07. The zero-order valence-electron chi connectivity index (χ0n) is 9.54. The first-order valence-corrected chi connectivity index (χ1v) is 6.18. The Labute approximate surface area is 114 Å². The molecule has 2 aromatic heterocycles. The smallest absolute Gasteiger partial charge is 0.161 e. The van der Waals surface area contributed by atoms with Crippen LogP contribution in [0.3, 0.4) is 0 Å². The van der Waals surface area contributed by atoms with E-state index in [2.05, 4.69) is 15.0 Å². The topological polar surface area (TPSA) is 41.6 Å². The second-order valence-electron chi connectivity index (χ2n) is 4.06. The van der Waals surface area contributed by atoms with Crippen molar-refractivity contribution in [2.75, 3.05) is 0 Å². The summed E-state index contributed by atoms with van der Waals surface area (Å²) in [5.41, 5.74) is 3.43. The molecule has 0 unspecified atom stereocenters. The third-order valence-electron chi connectivity index (χ3n) is 2.65. The van der Waals surface area contributed by atoms with Crippen molar-refractivity contribution in [3.05, 3.63) is 46.2 Å². The van der Waals surface area contributed by atoms with E-state index in [9.17, 15) is 0 Å². The molecule has 0 spiro atoms. The van der Waals surface area contributed by atoms with Gasteiger partial charge in [-0.2, -0.15) is 0 Å². The van der Waals surface area contributed by atoms with E-state index < -0.39 is 0 Å². The normalized spacial score (nSPS) is 11.1. The lowest BCUT2D eigenvalue weighted by Gasteiger charge is -2.02. The Morgan fingerprint density at radius 2 is 1.94 bits per heavy atom. The van der Waals surface area contributed by atoms with Gasteiger partial charge < -0.3 is 4.98 Å². The first kappa shape index (κ1) is 11.5. The number of benzene rings is 1. The molecule has 0 aliphatic carbocycles. The largest absolute Gasteiger partial charge is 0.355 e. The van der Waals surface area contributed by atoms with Crippen LogP contribution in [0, 0.1) is 6.92 Å². The van der Waals surface area contributed by atoms with E-state index in [1.165, 1.54) is 0 Å². The molecule has 0 amide bonds. The van der Waals surface area contributed by atoms with Crippen LogP contribution in [0.4, 0.5) is 0 Å². The first-order chi connectivity index (χ1) is 8.63. The highest BCUT2D eigenvalue weighted by atomic mass is 35.5. The molecule has 0 fully saturated rings. The zero-order chi connectivity index (χ0) is 12.7. The fourth-order valence-electron chi connectivity index (χ4n) is 1.86. The maximum Gasteiger partial charge on any atom is 0.161 e. The minimum absolute atomic E-state index is 0.420. The van der Waals surface area contributed by atoms with Crippen LogP contribution in [0.5, 0.6) is 0 Å². The minimum atomic E-state index is 0.420. The van der Waals surface area contributed by atoms with E-state index in [0.29, 0.717) is 16.0 Å². The number of aryl methyl sites for hydroxylation is 1. The summed E-state index contributed by atoms with van der Waals surface area (Å²) < 4.78 is 0. The van der Waals surface area contributed by atoms with Crippen LogP contribution in [-0.4, -0.2) is 15.0 Å². The van der Waals surface area contributed by atoms with Gasteiger partial charge in [-0.1, -0.05) is 35.3 Å². The lowest BCUT2D eigenvalue weighted by molar-refractivity contribution is 1.22. The Kier molecular flexibility index (Phi) is 2.73. The van der Waals surface area contributed by atoms with Gasteiger partial charge in [0.25, 0.3) is 0 Å². The number of H-pyrrole nitrogens is 1. The fourth-order valence-corrected chi connectivity index (χ4v) is 2.28. The second kappa shape index (κ2) is 4.26. The van der Waals surface area contributed by atoms with Gasteiger partial charge >= 0.3 is 0 Å². The van der Waals surface area contributed by atoms with Crippen molar-refractivity contribution in [1.29, 1.82) is 0 Å². The van der Waals surface area contributed by atoms with Gasteiger partial charge in [0.15, 0.2) is 11.0 Å². The first-order valence-electron chi connectivity index (χ1n) is 5.42. The van der Waals surface area contributed by atoms with Crippen LogP contribution in [0.1, 0.15) is 5.69 Å². The van der Waals surface area contributed by atoms with E-state index >= 15 is 0 Å². The summed E-state index contributed by atoms with van der Waals surface area (Å²) in [6, 6.07) is 9.34. The Morgan fingerprint density at radius 1 is 1.11 bits per heavy atom. The number of aromatic amines is 1. The lowest BCUT2D eigenvalue weighted by Crippen LogP contribution is -1.90. The molecular formula is C13H9Cl2N3. The molecule has 3 aromatic rings. The summed E-state index contributed by atoms with van der Waals surface area (Å²) >= 11 is 12.1. The monoisotopic (exact) mass is 277 g/mol. The molecule has 2 heterocycles. The van der Waals surface area contributed by atoms with E-state index in [4.69, 9.17) is 23.2 Å². The fraction of sp³-hybridized carbons (Fsp3) is 0.0769. The van der Waals surface area contributed by atoms with Gasteiger partial charge in [-0.05, 0) is 25.1 Å². The van der Waals surface area contributed by atoms with Crippen LogP contribution >= 0.6 is 23.2 Å². The van der Waals surface area contributed by atoms with Crippen molar-refractivity contribution in [2.24, 2.45) is 0 Å². The Balaban J connectivity index is 2.24. The predicted octanol–water partition coefficient (Wildman–Crippen LogP) is 4.24. The number of fused-ring (bicyclic) bond motifs is 1. The Hall–Kier alpha value is -1.58. The van der Waals surface area contributed by atoms with E-state index in [-0.39, 0.29) is 0 Å². The van der Waals surface area contributed by atoms with E-state index in [1.807, 2.05) is 37.3 Å². The van der Waals surface area contributed by atoms with Crippen LogP contribution in [0.25, 0.3) is 22.4 Å². The summed E-state index contributed by atoms with van der Waals surface area (Å²) in [5.74, 6) is 0.578. The quantitative estimate of drug-likeness (QED) is 0.676. The molecule has 3 rings (SSSR count).